The molecule has 0 aliphatic heterocycles. The smallest absolute Gasteiger partial charge is 0.262 e. The molecule has 2 N–H and O–H groups in total. The van der Waals surface area contributed by atoms with Gasteiger partial charge in [0.15, 0.2) is 5.78 Å². The Kier molecular flexibility index (Phi) is 5.58. The van der Waals surface area contributed by atoms with Crippen molar-refractivity contribution in [3.05, 3.63) is 59.0 Å². The summed E-state index contributed by atoms with van der Waals surface area (Å²) in [5, 5.41) is 9.53. The zero-order valence-electron chi connectivity index (χ0n) is 16.5. The van der Waals surface area contributed by atoms with E-state index in [9.17, 15) is 18.5 Å². The third kappa shape index (κ3) is 3.95. The largest absolute Gasteiger partial charge is 0.338 e. The number of Topliss-reactive ketones (excluding diaryl/α,β-unsaturated/α-hetero) is 1. The Hall–Kier alpha value is -3.13. The van der Waals surface area contributed by atoms with Gasteiger partial charge in [-0.15, -0.1) is 23.1 Å². The molecule has 0 aliphatic rings. The molecule has 0 unspecified atom stereocenters. The number of hydrogen-bond donors (Lipinski definition) is 2. The summed E-state index contributed by atoms with van der Waals surface area (Å²) >= 11 is 2.40. The molecular formula is C21H16N4O3S3. The molecule has 0 spiro atoms. The van der Waals surface area contributed by atoms with Gasteiger partial charge in [0.25, 0.3) is 10.0 Å². The van der Waals surface area contributed by atoms with Crippen molar-refractivity contribution in [3.8, 4) is 17.5 Å². The van der Waals surface area contributed by atoms with E-state index in [0.29, 0.717) is 21.1 Å². The molecule has 7 nitrogen and oxygen atoms in total. The predicted octanol–water partition coefficient (Wildman–Crippen LogP) is 4.89. The molecule has 156 valence electrons. The van der Waals surface area contributed by atoms with E-state index in [4.69, 9.17) is 0 Å². The minimum atomic E-state index is -4.05. The SMILES string of the molecule is CSc1sc(C(C)=O)c(NS(=O)(=O)c2ccc3nc(-c4ccccc4)[nH]c3c2)c1C#N. The number of hydrogen-bond acceptors (Lipinski definition) is 7. The molecule has 2 aromatic heterocycles. The van der Waals surface area contributed by atoms with Gasteiger partial charge in [-0.3, -0.25) is 9.52 Å². The maximum atomic E-state index is 13.1. The lowest BCUT2D eigenvalue weighted by atomic mass is 10.2. The number of sulfonamides is 1. The number of thioether (sulfide) groups is 1. The molecule has 0 aliphatic carbocycles. The van der Waals surface area contributed by atoms with Crippen molar-refractivity contribution in [2.75, 3.05) is 11.0 Å². The molecule has 10 heteroatoms. The second-order valence-corrected chi connectivity index (χ2v) is 10.4. The van der Waals surface area contributed by atoms with Gasteiger partial charge in [-0.2, -0.15) is 5.26 Å². The average Bonchev–Trinajstić information content (AvgIpc) is 3.34. The second-order valence-electron chi connectivity index (χ2n) is 6.58. The Morgan fingerprint density at radius 2 is 1.97 bits per heavy atom. The highest BCUT2D eigenvalue weighted by Gasteiger charge is 2.26. The fourth-order valence-electron chi connectivity index (χ4n) is 3.08. The number of anilines is 1. The number of thiophene rings is 1. The van der Waals surface area contributed by atoms with Crippen LogP contribution in [0, 0.1) is 11.3 Å². The van der Waals surface area contributed by atoms with Gasteiger partial charge >= 0.3 is 0 Å². The van der Waals surface area contributed by atoms with Crippen LogP contribution in [0.1, 0.15) is 22.2 Å². The normalized spacial score (nSPS) is 11.4. The number of nitrogens with zero attached hydrogens (tertiary/aromatic N) is 2. The molecule has 0 amide bonds. The molecule has 2 aromatic carbocycles. The number of aromatic amines is 1. The molecular weight excluding hydrogens is 452 g/mol. The molecule has 0 atom stereocenters. The standard InChI is InChI=1S/C21H16N4O3S3/c1-12(26)19-18(15(11-22)21(29-2)30-19)25-31(27,28)14-8-9-16-17(10-14)24-20(23-16)13-6-4-3-5-7-13/h3-10,25H,1-2H3,(H,23,24). The average molecular weight is 469 g/mol. The predicted molar refractivity (Wildman–Crippen MR) is 123 cm³/mol. The van der Waals surface area contributed by atoms with Gasteiger partial charge in [0.2, 0.25) is 0 Å². The minimum Gasteiger partial charge on any atom is -0.338 e. The highest BCUT2D eigenvalue weighted by Crippen LogP contribution is 2.39. The monoisotopic (exact) mass is 468 g/mol. The Balaban J connectivity index is 1.75. The molecule has 0 saturated heterocycles. The fraction of sp³-hybridized carbons (Fsp3) is 0.0952. The number of carbonyl (C=O) groups excluding carboxylic acids is 1. The number of imidazole rings is 1. The number of nitrogens with one attached hydrogen (secondary N) is 2. The summed E-state index contributed by atoms with van der Waals surface area (Å²) in [4.78, 5) is 19.9. The van der Waals surface area contributed by atoms with Crippen LogP contribution in [0.4, 0.5) is 5.69 Å². The van der Waals surface area contributed by atoms with Crippen LogP contribution in [0.25, 0.3) is 22.4 Å². The van der Waals surface area contributed by atoms with Crippen LogP contribution in [0.15, 0.2) is 57.6 Å². The topological polar surface area (TPSA) is 116 Å². The molecule has 0 fully saturated rings. The molecule has 31 heavy (non-hydrogen) atoms. The van der Waals surface area contributed by atoms with Crippen molar-refractivity contribution >= 4 is 55.6 Å². The van der Waals surface area contributed by atoms with E-state index in [1.807, 2.05) is 36.4 Å². The highest BCUT2D eigenvalue weighted by molar-refractivity contribution is 8.00. The van der Waals surface area contributed by atoms with Crippen LogP contribution in [-0.4, -0.2) is 30.4 Å². The van der Waals surface area contributed by atoms with E-state index in [0.717, 1.165) is 16.9 Å². The number of aromatic nitrogens is 2. The van der Waals surface area contributed by atoms with Gasteiger partial charge in [0, 0.05) is 12.5 Å². The maximum Gasteiger partial charge on any atom is 0.262 e. The van der Waals surface area contributed by atoms with Crippen molar-refractivity contribution in [2.24, 2.45) is 0 Å². The van der Waals surface area contributed by atoms with Gasteiger partial charge in [0.05, 0.1) is 30.7 Å². The Morgan fingerprint density at radius 3 is 2.61 bits per heavy atom. The number of carbonyl (C=O) groups is 1. The van der Waals surface area contributed by atoms with Crippen molar-refractivity contribution in [1.29, 1.82) is 5.26 Å². The summed E-state index contributed by atoms with van der Waals surface area (Å²) in [5.41, 5.74) is 2.25. The van der Waals surface area contributed by atoms with Gasteiger partial charge < -0.3 is 4.98 Å². The van der Waals surface area contributed by atoms with E-state index in [1.165, 1.54) is 30.8 Å². The number of ketones is 1. The minimum absolute atomic E-state index is 0.00134. The van der Waals surface area contributed by atoms with Crippen LogP contribution in [0.3, 0.4) is 0 Å². The fourth-order valence-corrected chi connectivity index (χ4v) is 6.03. The lowest BCUT2D eigenvalue weighted by Crippen LogP contribution is -2.15. The highest BCUT2D eigenvalue weighted by atomic mass is 32.2. The van der Waals surface area contributed by atoms with Crippen LogP contribution in [0.5, 0.6) is 0 Å². The first kappa shape index (κ1) is 21.1. The molecule has 4 aromatic rings. The summed E-state index contributed by atoms with van der Waals surface area (Å²) in [5.74, 6) is 0.321. The number of H-pyrrole nitrogens is 1. The summed E-state index contributed by atoms with van der Waals surface area (Å²) in [6.45, 7) is 1.34. The van der Waals surface area contributed by atoms with Crippen LogP contribution in [0.2, 0.25) is 0 Å². The van der Waals surface area contributed by atoms with E-state index in [1.54, 1.807) is 12.3 Å². The lowest BCUT2D eigenvalue weighted by Gasteiger charge is -2.09. The van der Waals surface area contributed by atoms with Gasteiger partial charge in [-0.25, -0.2) is 13.4 Å². The third-order valence-corrected chi connectivity index (χ3v) is 8.30. The lowest BCUT2D eigenvalue weighted by molar-refractivity contribution is 0.102. The maximum absolute atomic E-state index is 13.1. The van der Waals surface area contributed by atoms with Crippen molar-refractivity contribution < 1.29 is 13.2 Å². The Bertz CT molecular complexity index is 1450. The van der Waals surface area contributed by atoms with E-state index in [2.05, 4.69) is 14.7 Å². The Labute approximate surface area is 187 Å². The summed E-state index contributed by atoms with van der Waals surface area (Å²) in [6, 6.07) is 16.1. The van der Waals surface area contributed by atoms with Crippen LogP contribution < -0.4 is 4.72 Å². The number of nitriles is 1. The van der Waals surface area contributed by atoms with Crippen LogP contribution >= 0.6 is 23.1 Å². The van der Waals surface area contributed by atoms with Crippen molar-refractivity contribution in [3.63, 3.8) is 0 Å². The zero-order valence-corrected chi connectivity index (χ0v) is 18.9. The molecule has 0 saturated carbocycles. The summed E-state index contributed by atoms with van der Waals surface area (Å²) < 4.78 is 29.2. The molecule has 2 heterocycles. The summed E-state index contributed by atoms with van der Waals surface area (Å²) in [6.07, 6.45) is 1.77. The van der Waals surface area contributed by atoms with Gasteiger partial charge in [-0.05, 0) is 24.5 Å². The first-order chi connectivity index (χ1) is 14.8. The number of rotatable bonds is 6. The zero-order chi connectivity index (χ0) is 22.2. The van der Waals surface area contributed by atoms with Crippen molar-refractivity contribution in [2.45, 2.75) is 16.0 Å². The number of benzene rings is 2. The quantitative estimate of drug-likeness (QED) is 0.307. The van der Waals surface area contributed by atoms with Gasteiger partial charge in [0.1, 0.15) is 17.5 Å². The molecule has 0 radical (unpaired) electrons. The molecule has 0 bridgehead atoms. The number of fused-ring (bicyclic) bond motifs is 1. The Morgan fingerprint density at radius 1 is 1.23 bits per heavy atom. The first-order valence-electron chi connectivity index (χ1n) is 9.04. The second kappa shape index (κ2) is 8.19. The van der Waals surface area contributed by atoms with Gasteiger partial charge in [-0.1, -0.05) is 30.3 Å². The third-order valence-electron chi connectivity index (χ3n) is 4.54. The molecule has 4 rings (SSSR count). The van der Waals surface area contributed by atoms with E-state index in [-0.39, 0.29) is 26.8 Å². The summed E-state index contributed by atoms with van der Waals surface area (Å²) in [7, 11) is -4.05. The van der Waals surface area contributed by atoms with E-state index < -0.39 is 10.0 Å². The van der Waals surface area contributed by atoms with E-state index >= 15 is 0 Å². The first-order valence-corrected chi connectivity index (χ1v) is 12.6. The van der Waals surface area contributed by atoms with Crippen molar-refractivity contribution in [1.82, 2.24) is 9.97 Å². The van der Waals surface area contributed by atoms with Crippen LogP contribution in [-0.2, 0) is 10.0 Å².